The number of nitrogen functional groups attached to an aromatic ring is 1. The number of carbonyl (C=O) groups excluding carboxylic acids is 3. The molecule has 1 fully saturated rings. The molecule has 1 aliphatic carbocycles. The number of amides is 2. The summed E-state index contributed by atoms with van der Waals surface area (Å²) in [6, 6.07) is 15.1. The van der Waals surface area contributed by atoms with E-state index in [9.17, 15) is 47.8 Å². The van der Waals surface area contributed by atoms with E-state index in [0.717, 1.165) is 84.2 Å². The molecule has 6 heterocycles. The number of fused-ring (bicyclic) bond motifs is 5. The van der Waals surface area contributed by atoms with E-state index in [0.29, 0.717) is 11.5 Å². The van der Waals surface area contributed by atoms with Gasteiger partial charge in [0.2, 0.25) is 11.3 Å². The van der Waals surface area contributed by atoms with Crippen LogP contribution in [-0.4, -0.2) is 144 Å². The van der Waals surface area contributed by atoms with Crippen LogP contribution in [0.4, 0.5) is 16.4 Å². The molecular formula is C55H72N10O17P3+. The number of imidazole rings is 1. The number of rotatable bonds is 19. The highest BCUT2D eigenvalue weighted by Crippen LogP contribution is 2.61. The minimum Gasteiger partial charge on any atom is -0.464 e. The molecule has 1 saturated heterocycles. The Kier molecular flexibility index (Phi) is 17.1. The summed E-state index contributed by atoms with van der Waals surface area (Å²) in [5, 5.41) is 16.3. The fourth-order valence-corrected chi connectivity index (χ4v) is 16.7. The maximum absolute atomic E-state index is 14.9. The third kappa shape index (κ3) is 12.4. The summed E-state index contributed by atoms with van der Waals surface area (Å²) in [4.78, 5) is 107. The van der Waals surface area contributed by atoms with Gasteiger partial charge in [-0.2, -0.15) is 9.29 Å². The number of phosphoric acid groups is 1. The molecule has 3 aromatic carbocycles. The molecule has 458 valence electrons. The van der Waals surface area contributed by atoms with Gasteiger partial charge in [0.15, 0.2) is 23.5 Å². The van der Waals surface area contributed by atoms with Crippen LogP contribution in [0.1, 0.15) is 135 Å². The Bertz CT molecular complexity index is 3860. The standard InChI is InChI=1S/C55H71N10O17P3/c1-8-65-39-26-38-36(25-35(39)30(2)27-54(65,3)4)42(37-24-31-14-11-21-63-22-12-17-34(45(31)63)43(37)55(38,5)6)32-15-9-10-16-33(32)50(69)62(7)20-13-18-41(66)78-23-19-57-53(70)81-47-46(67)40(28-79-85(76,77)82-84(74,75)61-83(71,72)73)80-51(47)64-29-58-44-48(64)59-52(56)60-49(44)68/h9-10,15-16,24-26,29-30,40,46-47,51,67H,8,11-14,17-23,27-28H2,1-7H3,(H8-,56,57,59,60,61,68,70,71,72,73,74,75,76,77)/p+1/t30?,40-,46-,47-,51-/m1/s1. The van der Waals surface area contributed by atoms with Crippen LogP contribution >= 0.6 is 23.3 Å². The molecular weight excluding hydrogens is 1170 g/mol. The van der Waals surface area contributed by atoms with Crippen molar-refractivity contribution in [1.82, 2.24) is 39.2 Å². The van der Waals surface area contributed by atoms with Crippen molar-refractivity contribution in [3.8, 4) is 0 Å². The van der Waals surface area contributed by atoms with Gasteiger partial charge in [-0.25, -0.2) is 28.0 Å². The van der Waals surface area contributed by atoms with Crippen molar-refractivity contribution in [3.05, 3.63) is 114 Å². The molecule has 0 radical (unpaired) electrons. The first kappa shape index (κ1) is 61.9. The number of anilines is 2. The van der Waals surface area contributed by atoms with Crippen molar-refractivity contribution in [2.24, 2.45) is 0 Å². The fraction of sp³-hybridized carbons (Fsp3) is 0.509. The number of aromatic amines is 1. The lowest BCUT2D eigenvalue weighted by atomic mass is 9.64. The predicted octanol–water partition coefficient (Wildman–Crippen LogP) is 3.45. The monoisotopic (exact) mass is 1240 g/mol. The highest BCUT2D eigenvalue weighted by molar-refractivity contribution is 7.70. The number of nitrogens with one attached hydrogen (secondary N) is 3. The first-order valence-electron chi connectivity index (χ1n) is 28.1. The lowest BCUT2D eigenvalue weighted by Crippen LogP contribution is -2.50. The Labute approximate surface area is 488 Å². The largest absolute Gasteiger partial charge is 0.480 e. The van der Waals surface area contributed by atoms with E-state index in [1.54, 1.807) is 11.9 Å². The number of esters is 1. The van der Waals surface area contributed by atoms with Crippen molar-refractivity contribution in [1.29, 1.82) is 0 Å². The minimum absolute atomic E-state index is 0.0322. The highest BCUT2D eigenvalue weighted by atomic mass is 31.3. The van der Waals surface area contributed by atoms with Gasteiger partial charge in [-0.05, 0) is 115 Å². The van der Waals surface area contributed by atoms with Crippen molar-refractivity contribution in [3.63, 3.8) is 0 Å². The first-order chi connectivity index (χ1) is 40.0. The third-order valence-corrected chi connectivity index (χ3v) is 20.9. The van der Waals surface area contributed by atoms with Gasteiger partial charge in [0.25, 0.3) is 11.5 Å². The zero-order valence-electron chi connectivity index (χ0n) is 48.1. The number of aromatic nitrogens is 4. The number of aliphatic hydroxyl groups excluding tert-OH is 1. The average Bonchev–Trinajstić information content (AvgIpc) is 1.32. The van der Waals surface area contributed by atoms with Gasteiger partial charge in [-0.1, -0.05) is 39.0 Å². The molecule has 2 aromatic heterocycles. The van der Waals surface area contributed by atoms with Crippen molar-refractivity contribution >= 4 is 69.7 Å². The van der Waals surface area contributed by atoms with Crippen LogP contribution in [0, 0.1) is 0 Å². The summed E-state index contributed by atoms with van der Waals surface area (Å²) in [6.07, 6.45) is -1.81. The van der Waals surface area contributed by atoms with Crippen LogP contribution in [0.3, 0.4) is 0 Å². The van der Waals surface area contributed by atoms with E-state index < -0.39 is 72.1 Å². The maximum Gasteiger partial charge on any atom is 0.480 e. The molecule has 10 rings (SSSR count). The van der Waals surface area contributed by atoms with Crippen molar-refractivity contribution < 1.29 is 75.8 Å². The molecule has 0 bridgehead atoms. The Morgan fingerprint density at radius 3 is 2.48 bits per heavy atom. The predicted molar refractivity (Wildman–Crippen MR) is 310 cm³/mol. The van der Waals surface area contributed by atoms with Crippen molar-refractivity contribution in [2.45, 2.75) is 128 Å². The number of alkyl carbamates (subject to hydrolysis) is 1. The number of aliphatic hydroxyl groups is 1. The quantitative estimate of drug-likeness (QED) is 0.0247. The average molecular weight is 1240 g/mol. The Morgan fingerprint density at radius 1 is 1.02 bits per heavy atom. The lowest BCUT2D eigenvalue weighted by Gasteiger charge is -2.48. The molecule has 3 unspecified atom stereocenters. The third-order valence-electron chi connectivity index (χ3n) is 16.6. The number of H-pyrrole nitrogens is 1. The Hall–Kier alpha value is -6.18. The summed E-state index contributed by atoms with van der Waals surface area (Å²) in [6.45, 7) is 15.4. The Morgan fingerprint density at radius 2 is 1.75 bits per heavy atom. The van der Waals surface area contributed by atoms with E-state index >= 15 is 0 Å². The fourth-order valence-electron chi connectivity index (χ4n) is 13.3. The van der Waals surface area contributed by atoms with Crippen LogP contribution < -0.4 is 41.5 Å². The number of ether oxygens (including phenoxy) is 3. The summed E-state index contributed by atoms with van der Waals surface area (Å²) >= 11 is 0. The normalized spacial score (nSPS) is 22.5. The summed E-state index contributed by atoms with van der Waals surface area (Å²) < 4.78 is 64.8. The number of hydrogen-bond donors (Lipinski definition) is 9. The number of nitrogens with two attached hydrogens (primary N) is 1. The van der Waals surface area contributed by atoms with Gasteiger partial charge in [-0.3, -0.25) is 28.5 Å². The number of nitrogens with zero attached hydrogens (tertiary/aromatic N) is 6. The summed E-state index contributed by atoms with van der Waals surface area (Å²) in [7, 11) is -15.0. The molecule has 27 nitrogen and oxygen atoms in total. The maximum atomic E-state index is 14.9. The van der Waals surface area contributed by atoms with Crippen molar-refractivity contribution in [2.75, 3.05) is 63.6 Å². The number of carbonyl (C=O) groups is 3. The van der Waals surface area contributed by atoms with Gasteiger partial charge in [0.05, 0.1) is 19.5 Å². The van der Waals surface area contributed by atoms with Gasteiger partial charge in [0.1, 0.15) is 31.9 Å². The molecule has 5 aliphatic rings. The van der Waals surface area contributed by atoms with E-state index in [1.807, 2.05) is 18.2 Å². The number of aryl methyl sites for hydroxylation is 1. The van der Waals surface area contributed by atoms with Crippen LogP contribution in [0.2, 0.25) is 0 Å². The topological polar surface area (TPSA) is 373 Å². The molecule has 85 heavy (non-hydrogen) atoms. The molecule has 5 aromatic rings. The molecule has 10 N–H and O–H groups in total. The zero-order valence-corrected chi connectivity index (χ0v) is 50.8. The minimum atomic E-state index is -5.66. The summed E-state index contributed by atoms with van der Waals surface area (Å²) in [5.41, 5.74) is 15.7. The first-order valence-corrected chi connectivity index (χ1v) is 32.8. The molecule has 7 atom stereocenters. The van der Waals surface area contributed by atoms with Gasteiger partial charge in [0, 0.05) is 72.7 Å². The smallest absolute Gasteiger partial charge is 0.464 e. The SMILES string of the molecule is CCN1c2cc3c(cc2C(C)CC1(C)C)C(c1ccccc1C(=O)N(C)CCCC(=O)OCCNC(=O)O[C@@H]1[C@H](O)[C@@H](COP(=O)(O)OP(=O)(O)NP(=O)(O)O)O[C@H]1n1cnc2c(=O)[nH]c(N)nc21)=c1cc2c4c(c1C3(C)C)CCC[N+]=4CCC2. The zero-order chi connectivity index (χ0) is 61.3. The van der Waals surface area contributed by atoms with E-state index in [-0.39, 0.29) is 66.5 Å². The number of benzene rings is 3. The van der Waals surface area contributed by atoms with Gasteiger partial charge >= 0.3 is 35.4 Å². The molecule has 0 spiro atoms. The van der Waals surface area contributed by atoms with Crippen LogP contribution in [-0.2, 0) is 59.8 Å². The van der Waals surface area contributed by atoms with Gasteiger partial charge < -0.3 is 59.7 Å². The second-order valence-corrected chi connectivity index (χ2v) is 28.1. The van der Waals surface area contributed by atoms with Gasteiger partial charge in [-0.15, -0.1) is 4.86 Å². The molecule has 30 heteroatoms. The second kappa shape index (κ2) is 23.5. The number of phosphoric ester groups is 1. The molecule has 2 amide bonds. The van der Waals surface area contributed by atoms with E-state index in [4.69, 9.17) is 34.3 Å². The van der Waals surface area contributed by atoms with Crippen LogP contribution in [0.15, 0.2) is 53.6 Å². The van der Waals surface area contributed by atoms with Crippen LogP contribution in [0.25, 0.3) is 16.7 Å². The highest BCUT2D eigenvalue weighted by Gasteiger charge is 2.50. The summed E-state index contributed by atoms with van der Waals surface area (Å²) in [5.74, 6) is -0.870. The molecule has 0 saturated carbocycles. The second-order valence-electron chi connectivity index (χ2n) is 23.3. The van der Waals surface area contributed by atoms with Crippen LogP contribution in [0.5, 0.6) is 0 Å². The molecule has 4 aliphatic heterocycles. The van der Waals surface area contributed by atoms with E-state index in [2.05, 4.69) is 99.9 Å². The van der Waals surface area contributed by atoms with E-state index in [1.165, 1.54) is 44.1 Å². The number of hydrogen-bond acceptors (Lipinski definition) is 17. The Balaban J connectivity index is 0.808. The lowest BCUT2D eigenvalue weighted by molar-refractivity contribution is -0.143.